The molecule has 1 amide bonds. The summed E-state index contributed by atoms with van der Waals surface area (Å²) in [5.41, 5.74) is 3.92. The van der Waals surface area contributed by atoms with Crippen molar-refractivity contribution in [2.24, 2.45) is 0 Å². The van der Waals surface area contributed by atoms with Crippen LogP contribution in [0.25, 0.3) is 0 Å². The summed E-state index contributed by atoms with van der Waals surface area (Å²) in [6, 6.07) is 11.9. The van der Waals surface area contributed by atoms with E-state index in [0.29, 0.717) is 5.02 Å². The number of aryl methyl sites for hydroxylation is 1. The SMILES string of the molecule is COc1ccc(Cl)cc1N1CCC(NC(=O)c2cc(C)ccc2N2CCCC2)C1. The lowest BCUT2D eigenvalue weighted by Crippen LogP contribution is -2.38. The summed E-state index contributed by atoms with van der Waals surface area (Å²) in [6.07, 6.45) is 3.27. The lowest BCUT2D eigenvalue weighted by Gasteiger charge is -2.23. The van der Waals surface area contributed by atoms with Crippen LogP contribution in [0.4, 0.5) is 11.4 Å². The molecular formula is C23H28ClN3O2. The van der Waals surface area contributed by atoms with Crippen molar-refractivity contribution in [3.63, 3.8) is 0 Å². The molecule has 154 valence electrons. The van der Waals surface area contributed by atoms with Crippen molar-refractivity contribution in [3.05, 3.63) is 52.5 Å². The molecule has 1 unspecified atom stereocenters. The molecule has 29 heavy (non-hydrogen) atoms. The van der Waals surface area contributed by atoms with Crippen LogP contribution < -0.4 is 19.9 Å². The normalized spacial score (nSPS) is 18.9. The molecule has 5 nitrogen and oxygen atoms in total. The topological polar surface area (TPSA) is 44.8 Å². The zero-order valence-corrected chi connectivity index (χ0v) is 17.8. The summed E-state index contributed by atoms with van der Waals surface area (Å²) in [6.45, 7) is 5.68. The van der Waals surface area contributed by atoms with E-state index in [9.17, 15) is 4.79 Å². The summed E-state index contributed by atoms with van der Waals surface area (Å²) in [5, 5.41) is 3.94. The number of methoxy groups -OCH3 is 1. The van der Waals surface area contributed by atoms with Crippen molar-refractivity contribution in [1.82, 2.24) is 5.32 Å². The van der Waals surface area contributed by atoms with E-state index in [1.54, 1.807) is 7.11 Å². The van der Waals surface area contributed by atoms with E-state index in [4.69, 9.17) is 16.3 Å². The molecule has 0 radical (unpaired) electrons. The highest BCUT2D eigenvalue weighted by molar-refractivity contribution is 6.31. The Hall–Kier alpha value is -2.40. The van der Waals surface area contributed by atoms with Crippen LogP contribution in [0.1, 0.15) is 35.2 Å². The van der Waals surface area contributed by atoms with Crippen LogP contribution in [-0.2, 0) is 0 Å². The van der Waals surface area contributed by atoms with E-state index in [1.807, 2.05) is 31.2 Å². The minimum absolute atomic E-state index is 0.0144. The number of rotatable bonds is 5. The van der Waals surface area contributed by atoms with Crippen LogP contribution in [0, 0.1) is 6.92 Å². The molecule has 0 aromatic heterocycles. The average molecular weight is 414 g/mol. The molecule has 2 aliphatic rings. The van der Waals surface area contributed by atoms with E-state index >= 15 is 0 Å². The van der Waals surface area contributed by atoms with Gasteiger partial charge in [-0.3, -0.25) is 4.79 Å². The molecule has 6 heteroatoms. The molecular weight excluding hydrogens is 386 g/mol. The van der Waals surface area contributed by atoms with E-state index in [1.165, 1.54) is 12.8 Å². The monoisotopic (exact) mass is 413 g/mol. The van der Waals surface area contributed by atoms with Gasteiger partial charge in [-0.2, -0.15) is 0 Å². The standard InChI is InChI=1S/C23H28ClN3O2/c1-16-5-7-20(26-10-3-4-11-26)19(13-16)23(28)25-18-9-12-27(15-18)21-14-17(24)6-8-22(21)29-2/h5-8,13-14,18H,3-4,9-12,15H2,1-2H3,(H,25,28). The number of carbonyl (C=O) groups is 1. The third kappa shape index (κ3) is 4.30. The Labute approximate surface area is 177 Å². The fraction of sp³-hybridized carbons (Fsp3) is 0.435. The molecule has 0 bridgehead atoms. The molecule has 1 N–H and O–H groups in total. The molecule has 2 aromatic carbocycles. The van der Waals surface area contributed by atoms with E-state index in [0.717, 1.165) is 60.9 Å². The number of benzene rings is 2. The molecule has 2 aliphatic heterocycles. The van der Waals surface area contributed by atoms with Gasteiger partial charge in [0.25, 0.3) is 5.91 Å². The van der Waals surface area contributed by atoms with Gasteiger partial charge in [-0.15, -0.1) is 0 Å². The Morgan fingerprint density at radius 2 is 1.86 bits per heavy atom. The lowest BCUT2D eigenvalue weighted by molar-refractivity contribution is 0.0941. The maximum absolute atomic E-state index is 13.1. The first-order valence-electron chi connectivity index (χ1n) is 10.3. The number of nitrogens with one attached hydrogen (secondary N) is 1. The molecule has 0 aliphatic carbocycles. The predicted molar refractivity (Wildman–Crippen MR) is 119 cm³/mol. The first-order valence-corrected chi connectivity index (χ1v) is 10.7. The third-order valence-electron chi connectivity index (χ3n) is 5.85. The second kappa shape index (κ2) is 8.54. The van der Waals surface area contributed by atoms with Crippen LogP contribution in [0.2, 0.25) is 5.02 Å². The van der Waals surface area contributed by atoms with Gasteiger partial charge in [0, 0.05) is 42.9 Å². The Morgan fingerprint density at radius 1 is 1.07 bits per heavy atom. The molecule has 1 atom stereocenters. The molecule has 0 spiro atoms. The Balaban J connectivity index is 1.48. The minimum Gasteiger partial charge on any atom is -0.495 e. The summed E-state index contributed by atoms with van der Waals surface area (Å²) in [5.74, 6) is 0.817. The van der Waals surface area contributed by atoms with Gasteiger partial charge in [0.1, 0.15) is 5.75 Å². The van der Waals surface area contributed by atoms with Gasteiger partial charge in [0.15, 0.2) is 0 Å². The van der Waals surface area contributed by atoms with Gasteiger partial charge in [0.2, 0.25) is 0 Å². The van der Waals surface area contributed by atoms with Crippen LogP contribution in [-0.4, -0.2) is 45.2 Å². The molecule has 2 fully saturated rings. The number of halogens is 1. The number of ether oxygens (including phenoxy) is 1. The van der Waals surface area contributed by atoms with Crippen molar-refractivity contribution in [1.29, 1.82) is 0 Å². The number of hydrogen-bond donors (Lipinski definition) is 1. The van der Waals surface area contributed by atoms with Gasteiger partial charge < -0.3 is 19.9 Å². The highest BCUT2D eigenvalue weighted by Crippen LogP contribution is 2.33. The first kappa shape index (κ1) is 19.9. The lowest BCUT2D eigenvalue weighted by atomic mass is 10.1. The summed E-state index contributed by atoms with van der Waals surface area (Å²) in [7, 11) is 1.67. The highest BCUT2D eigenvalue weighted by atomic mass is 35.5. The molecule has 2 saturated heterocycles. The van der Waals surface area contributed by atoms with Crippen LogP contribution in [0.3, 0.4) is 0 Å². The molecule has 0 saturated carbocycles. The third-order valence-corrected chi connectivity index (χ3v) is 6.08. The predicted octanol–water partition coefficient (Wildman–Crippen LogP) is 4.27. The van der Waals surface area contributed by atoms with Crippen LogP contribution in [0.5, 0.6) is 5.75 Å². The maximum atomic E-state index is 13.1. The minimum atomic E-state index is 0.0144. The number of hydrogen-bond acceptors (Lipinski definition) is 4. The summed E-state index contributed by atoms with van der Waals surface area (Å²) >= 11 is 6.19. The molecule has 2 heterocycles. The smallest absolute Gasteiger partial charge is 0.253 e. The Bertz CT molecular complexity index is 896. The van der Waals surface area contributed by atoms with E-state index in [2.05, 4.69) is 27.2 Å². The number of anilines is 2. The largest absolute Gasteiger partial charge is 0.495 e. The van der Waals surface area contributed by atoms with Crippen LogP contribution >= 0.6 is 11.6 Å². The summed E-state index contributed by atoms with van der Waals surface area (Å²) < 4.78 is 5.49. The second-order valence-corrected chi connectivity index (χ2v) is 8.37. The van der Waals surface area contributed by atoms with Crippen molar-refractivity contribution in [2.75, 3.05) is 43.1 Å². The van der Waals surface area contributed by atoms with Gasteiger partial charge in [0.05, 0.1) is 18.4 Å². The highest BCUT2D eigenvalue weighted by Gasteiger charge is 2.28. The fourth-order valence-electron chi connectivity index (χ4n) is 4.34. The van der Waals surface area contributed by atoms with Crippen molar-refractivity contribution < 1.29 is 9.53 Å². The molecule has 4 rings (SSSR count). The van der Waals surface area contributed by atoms with Crippen molar-refractivity contribution in [2.45, 2.75) is 32.2 Å². The van der Waals surface area contributed by atoms with Crippen LogP contribution in [0.15, 0.2) is 36.4 Å². The zero-order chi connectivity index (χ0) is 20.4. The second-order valence-electron chi connectivity index (χ2n) is 7.94. The zero-order valence-electron chi connectivity index (χ0n) is 17.1. The van der Waals surface area contributed by atoms with Crippen molar-refractivity contribution in [3.8, 4) is 5.75 Å². The number of nitrogens with zero attached hydrogens (tertiary/aromatic N) is 2. The Morgan fingerprint density at radius 3 is 2.62 bits per heavy atom. The summed E-state index contributed by atoms with van der Waals surface area (Å²) in [4.78, 5) is 17.7. The Kier molecular flexibility index (Phi) is 5.86. The molecule has 2 aromatic rings. The fourth-order valence-corrected chi connectivity index (χ4v) is 4.50. The van der Waals surface area contributed by atoms with Crippen molar-refractivity contribution >= 4 is 28.9 Å². The average Bonchev–Trinajstić information content (AvgIpc) is 3.40. The quantitative estimate of drug-likeness (QED) is 0.795. The van der Waals surface area contributed by atoms with Gasteiger partial charge >= 0.3 is 0 Å². The first-order chi connectivity index (χ1) is 14.0. The van der Waals surface area contributed by atoms with Gasteiger partial charge in [-0.1, -0.05) is 23.2 Å². The van der Waals surface area contributed by atoms with Gasteiger partial charge in [-0.05, 0) is 56.5 Å². The van der Waals surface area contributed by atoms with Gasteiger partial charge in [-0.25, -0.2) is 0 Å². The van der Waals surface area contributed by atoms with E-state index in [-0.39, 0.29) is 11.9 Å². The van der Waals surface area contributed by atoms with E-state index < -0.39 is 0 Å². The number of carbonyl (C=O) groups excluding carboxylic acids is 1. The number of amides is 1. The maximum Gasteiger partial charge on any atom is 0.253 e.